The van der Waals surface area contributed by atoms with E-state index in [2.05, 4.69) is 10.2 Å². The highest BCUT2D eigenvalue weighted by atomic mass is 32.2. The summed E-state index contributed by atoms with van der Waals surface area (Å²) < 4.78 is 12.7. The Kier molecular flexibility index (Phi) is 2.82. The quantitative estimate of drug-likeness (QED) is 0.708. The van der Waals surface area contributed by atoms with E-state index < -0.39 is 11.5 Å². The third-order valence-electron chi connectivity index (χ3n) is 0.821. The van der Waals surface area contributed by atoms with Crippen LogP contribution in [0.1, 0.15) is 0 Å². The number of hydrogen-bond donors (Lipinski definition) is 2. The minimum atomic E-state index is -2.02. The van der Waals surface area contributed by atoms with E-state index in [1.54, 1.807) is 0 Å². The average molecular weight is 209 g/mol. The lowest BCUT2D eigenvalue weighted by Crippen LogP contribution is -2.09. The van der Waals surface area contributed by atoms with Crippen molar-refractivity contribution in [3.05, 3.63) is 0 Å². The van der Waals surface area contributed by atoms with Gasteiger partial charge in [0.15, 0.2) is 4.34 Å². The molecule has 0 radical (unpaired) electrons. The van der Waals surface area contributed by atoms with Crippen LogP contribution in [-0.4, -0.2) is 26.8 Å². The van der Waals surface area contributed by atoms with Crippen molar-refractivity contribution in [2.45, 2.75) is 9.84 Å². The van der Waals surface area contributed by atoms with Crippen LogP contribution in [0.4, 0.5) is 9.52 Å². The number of alkyl halides is 1. The van der Waals surface area contributed by atoms with E-state index in [-0.39, 0.29) is 9.47 Å². The molecule has 0 aliphatic rings. The molecule has 0 amide bonds. The lowest BCUT2D eigenvalue weighted by Gasteiger charge is -1.95. The van der Waals surface area contributed by atoms with E-state index >= 15 is 0 Å². The van der Waals surface area contributed by atoms with Crippen LogP contribution < -0.4 is 5.73 Å². The Morgan fingerprint density at radius 1 is 1.75 bits per heavy atom. The van der Waals surface area contributed by atoms with E-state index in [9.17, 15) is 9.18 Å². The van der Waals surface area contributed by atoms with Gasteiger partial charge in [-0.25, -0.2) is 9.18 Å². The van der Waals surface area contributed by atoms with E-state index in [1.807, 2.05) is 0 Å². The Balaban J connectivity index is 2.58. The first-order valence-electron chi connectivity index (χ1n) is 2.72. The van der Waals surface area contributed by atoms with Gasteiger partial charge in [-0.15, -0.1) is 10.2 Å². The lowest BCUT2D eigenvalue weighted by atomic mass is 10.8. The van der Waals surface area contributed by atoms with E-state index in [0.29, 0.717) is 11.8 Å². The molecule has 12 heavy (non-hydrogen) atoms. The number of rotatable bonds is 3. The summed E-state index contributed by atoms with van der Waals surface area (Å²) in [6, 6.07) is 0. The summed E-state index contributed by atoms with van der Waals surface area (Å²) in [6.07, 6.45) is 0. The van der Waals surface area contributed by atoms with Crippen LogP contribution in [0.15, 0.2) is 4.34 Å². The maximum Gasteiger partial charge on any atom is 0.349 e. The van der Waals surface area contributed by atoms with Crippen molar-refractivity contribution < 1.29 is 14.3 Å². The molecule has 0 aromatic carbocycles. The van der Waals surface area contributed by atoms with Crippen LogP contribution in [0.3, 0.4) is 0 Å². The monoisotopic (exact) mass is 209 g/mol. The molecular weight excluding hydrogens is 205 g/mol. The van der Waals surface area contributed by atoms with Gasteiger partial charge in [-0.05, 0) is 11.8 Å². The number of hydrogen-bond acceptors (Lipinski definition) is 6. The van der Waals surface area contributed by atoms with Gasteiger partial charge in [-0.1, -0.05) is 11.3 Å². The fraction of sp³-hybridized carbons (Fsp3) is 0.250. The zero-order chi connectivity index (χ0) is 9.14. The number of nitrogens with two attached hydrogens (primary N) is 1. The van der Waals surface area contributed by atoms with Crippen LogP contribution in [0, 0.1) is 0 Å². The molecule has 1 rings (SSSR count). The highest BCUT2D eigenvalue weighted by Gasteiger charge is 2.19. The van der Waals surface area contributed by atoms with Gasteiger partial charge < -0.3 is 10.8 Å². The molecule has 1 aromatic rings. The largest absolute Gasteiger partial charge is 0.478 e. The summed E-state index contributed by atoms with van der Waals surface area (Å²) in [7, 11) is 0. The number of carboxylic acid groups (broad SMARTS) is 1. The Bertz CT molecular complexity index is 292. The van der Waals surface area contributed by atoms with Crippen molar-refractivity contribution in [3.8, 4) is 0 Å². The van der Waals surface area contributed by atoms with Gasteiger partial charge in [-0.3, -0.25) is 0 Å². The average Bonchev–Trinajstić information content (AvgIpc) is 2.35. The number of aromatic nitrogens is 2. The topological polar surface area (TPSA) is 89.1 Å². The summed E-state index contributed by atoms with van der Waals surface area (Å²) in [5, 5.41) is 15.2. The number of anilines is 1. The second-order valence-electron chi connectivity index (χ2n) is 1.68. The molecule has 1 aromatic heterocycles. The van der Waals surface area contributed by atoms with Gasteiger partial charge in [0, 0.05) is 0 Å². The maximum absolute atomic E-state index is 12.5. The van der Waals surface area contributed by atoms with Gasteiger partial charge in [-0.2, -0.15) is 0 Å². The third kappa shape index (κ3) is 2.31. The number of thioether (sulfide) groups is 1. The van der Waals surface area contributed by atoms with Crippen molar-refractivity contribution in [3.63, 3.8) is 0 Å². The van der Waals surface area contributed by atoms with Gasteiger partial charge >= 0.3 is 5.97 Å². The molecule has 0 fully saturated rings. The molecule has 0 aliphatic heterocycles. The molecular formula is C4H4FN3O2S2. The summed E-state index contributed by atoms with van der Waals surface area (Å²) in [4.78, 5) is 10.0. The van der Waals surface area contributed by atoms with Gasteiger partial charge in [0.2, 0.25) is 10.6 Å². The number of nitrogens with zero attached hydrogens (tertiary/aromatic N) is 2. The summed E-state index contributed by atoms with van der Waals surface area (Å²) in [5.74, 6) is -1.53. The molecule has 0 saturated carbocycles. The minimum absolute atomic E-state index is 0.190. The summed E-state index contributed by atoms with van der Waals surface area (Å²) in [5.41, 5.74) is 3.18. The number of halogens is 1. The number of carboxylic acids is 1. The Morgan fingerprint density at radius 3 is 2.83 bits per heavy atom. The first-order chi connectivity index (χ1) is 5.59. The van der Waals surface area contributed by atoms with Crippen LogP contribution in [-0.2, 0) is 4.79 Å². The van der Waals surface area contributed by atoms with Crippen molar-refractivity contribution in [2.24, 2.45) is 0 Å². The van der Waals surface area contributed by atoms with Gasteiger partial charge in [0.05, 0.1) is 0 Å². The van der Waals surface area contributed by atoms with Crippen molar-refractivity contribution in [2.75, 3.05) is 5.73 Å². The molecule has 0 saturated heterocycles. The van der Waals surface area contributed by atoms with Gasteiger partial charge in [0.1, 0.15) is 0 Å². The predicted molar refractivity (Wildman–Crippen MR) is 42.7 cm³/mol. The molecule has 0 spiro atoms. The maximum atomic E-state index is 12.5. The zero-order valence-corrected chi connectivity index (χ0v) is 7.23. The summed E-state index contributed by atoms with van der Waals surface area (Å²) in [6.45, 7) is 0. The minimum Gasteiger partial charge on any atom is -0.478 e. The van der Waals surface area contributed by atoms with Crippen molar-refractivity contribution in [1.82, 2.24) is 10.2 Å². The van der Waals surface area contributed by atoms with Crippen LogP contribution >= 0.6 is 23.1 Å². The first kappa shape index (κ1) is 9.20. The fourth-order valence-corrected chi connectivity index (χ4v) is 1.82. The lowest BCUT2D eigenvalue weighted by molar-refractivity contribution is -0.139. The fourth-order valence-electron chi connectivity index (χ4n) is 0.407. The molecule has 1 unspecified atom stereocenters. The summed E-state index contributed by atoms with van der Waals surface area (Å²) >= 11 is 1.42. The Morgan fingerprint density at radius 2 is 2.42 bits per heavy atom. The molecule has 66 valence electrons. The van der Waals surface area contributed by atoms with Crippen LogP contribution in [0.2, 0.25) is 0 Å². The predicted octanol–water partition coefficient (Wildman–Crippen LogP) is 0.593. The highest BCUT2D eigenvalue weighted by Crippen LogP contribution is 2.28. The number of nitrogen functional groups attached to an aromatic ring is 1. The molecule has 5 nitrogen and oxygen atoms in total. The standard InChI is InChI=1S/C4H4FN3O2S2/c5-1(2(9)10)11-4-8-7-3(6)12-4/h1H,(H2,6,7)(H,9,10). The van der Waals surface area contributed by atoms with Gasteiger partial charge in [0.25, 0.3) is 0 Å². The van der Waals surface area contributed by atoms with E-state index in [1.165, 1.54) is 0 Å². The SMILES string of the molecule is Nc1nnc(SC(F)C(=O)O)s1. The Labute approximate surface area is 74.8 Å². The number of aliphatic carboxylic acids is 1. The van der Waals surface area contributed by atoms with E-state index in [4.69, 9.17) is 10.8 Å². The second-order valence-corrected chi connectivity index (χ2v) is 3.98. The molecule has 3 N–H and O–H groups in total. The molecule has 1 atom stereocenters. The Hall–Kier alpha value is -0.890. The van der Waals surface area contributed by atoms with Crippen LogP contribution in [0.5, 0.6) is 0 Å². The third-order valence-corrected chi connectivity index (χ3v) is 2.60. The zero-order valence-electron chi connectivity index (χ0n) is 5.60. The van der Waals surface area contributed by atoms with Crippen molar-refractivity contribution in [1.29, 1.82) is 0 Å². The van der Waals surface area contributed by atoms with Crippen molar-refractivity contribution >= 4 is 34.2 Å². The normalized spacial score (nSPS) is 12.8. The molecule has 0 aliphatic carbocycles. The number of carbonyl (C=O) groups is 1. The molecule has 0 bridgehead atoms. The second kappa shape index (κ2) is 3.68. The van der Waals surface area contributed by atoms with E-state index in [0.717, 1.165) is 11.3 Å². The first-order valence-corrected chi connectivity index (χ1v) is 4.41. The van der Waals surface area contributed by atoms with Crippen LogP contribution in [0.25, 0.3) is 0 Å². The smallest absolute Gasteiger partial charge is 0.349 e. The molecule has 1 heterocycles. The molecule has 8 heteroatoms. The highest BCUT2D eigenvalue weighted by molar-refractivity contribution is 8.02.